The number of halogens is 1. The number of hydrogen-bond acceptors (Lipinski definition) is 3. The first kappa shape index (κ1) is 24.4. The number of pyridine rings is 1. The van der Waals surface area contributed by atoms with Crippen LogP contribution in [0.15, 0.2) is 48.7 Å². The van der Waals surface area contributed by atoms with Crippen LogP contribution in [0.2, 0.25) is 0 Å². The normalized spacial score (nSPS) is 27.0. The van der Waals surface area contributed by atoms with Crippen molar-refractivity contribution in [1.29, 1.82) is 0 Å². The zero-order chi connectivity index (χ0) is 24.5. The fraction of sp³-hybridized carbons (Fsp3) is 0.500. The summed E-state index contributed by atoms with van der Waals surface area (Å²) in [7, 11) is 1.77. The van der Waals surface area contributed by atoms with Crippen molar-refractivity contribution in [2.75, 3.05) is 7.11 Å². The van der Waals surface area contributed by atoms with Crippen molar-refractivity contribution in [3.63, 3.8) is 0 Å². The van der Waals surface area contributed by atoms with E-state index in [0.717, 1.165) is 42.5 Å². The van der Waals surface area contributed by atoms with Gasteiger partial charge in [-0.2, -0.15) is 0 Å². The minimum atomic E-state index is -0.841. The number of benzene rings is 1. The van der Waals surface area contributed by atoms with E-state index in [4.69, 9.17) is 4.74 Å². The van der Waals surface area contributed by atoms with Crippen molar-refractivity contribution >= 4 is 12.2 Å². The predicted molar refractivity (Wildman–Crippen MR) is 132 cm³/mol. The van der Waals surface area contributed by atoms with Gasteiger partial charge in [-0.15, -0.1) is 0 Å². The lowest BCUT2D eigenvalue weighted by atomic mass is 9.74. The third-order valence-corrected chi connectivity index (χ3v) is 7.51. The highest BCUT2D eigenvalue weighted by atomic mass is 19.1. The molecule has 2 aliphatic carbocycles. The quantitative estimate of drug-likeness (QED) is 0.546. The molecule has 0 spiro atoms. The number of amides is 1. The summed E-state index contributed by atoms with van der Waals surface area (Å²) >= 11 is 0. The van der Waals surface area contributed by atoms with Crippen molar-refractivity contribution in [3.05, 3.63) is 60.2 Å². The Hall–Kier alpha value is -2.73. The number of carboxylic acid groups (broad SMARTS) is 1. The molecule has 0 bridgehead atoms. The highest BCUT2D eigenvalue weighted by molar-refractivity contribution is 5.66. The lowest BCUT2D eigenvalue weighted by molar-refractivity contribution is 0.0336. The van der Waals surface area contributed by atoms with Crippen molar-refractivity contribution in [3.8, 4) is 11.1 Å². The molecule has 34 heavy (non-hydrogen) atoms. The van der Waals surface area contributed by atoms with Gasteiger partial charge in [0.15, 0.2) is 0 Å². The van der Waals surface area contributed by atoms with Crippen molar-refractivity contribution in [2.45, 2.75) is 64.1 Å². The summed E-state index contributed by atoms with van der Waals surface area (Å²) in [5, 5.41) is 9.90. The van der Waals surface area contributed by atoms with Crippen LogP contribution in [0.5, 0.6) is 0 Å². The second-order valence-electron chi connectivity index (χ2n) is 10.6. The maximum Gasteiger partial charge on any atom is 0.407 e. The van der Waals surface area contributed by atoms with Gasteiger partial charge in [0.1, 0.15) is 5.82 Å². The first-order valence-electron chi connectivity index (χ1n) is 12.1. The second-order valence-corrected chi connectivity index (χ2v) is 10.6. The third-order valence-electron chi connectivity index (χ3n) is 7.51. The zero-order valence-electron chi connectivity index (χ0n) is 20.4. The Kier molecular flexibility index (Phi) is 7.08. The smallest absolute Gasteiger partial charge is 0.407 e. The van der Waals surface area contributed by atoms with Crippen LogP contribution in [0.3, 0.4) is 0 Å². The van der Waals surface area contributed by atoms with E-state index in [1.165, 1.54) is 12.1 Å². The molecule has 2 aromatic rings. The monoisotopic (exact) mass is 466 g/mol. The first-order valence-corrected chi connectivity index (χ1v) is 12.1. The zero-order valence-corrected chi connectivity index (χ0v) is 20.4. The van der Waals surface area contributed by atoms with E-state index in [9.17, 15) is 14.3 Å². The van der Waals surface area contributed by atoms with Crippen molar-refractivity contribution in [2.24, 2.45) is 17.8 Å². The molecule has 1 amide bonds. The topological polar surface area (TPSA) is 62.7 Å². The minimum absolute atomic E-state index is 0.0222. The Morgan fingerprint density at radius 1 is 1.18 bits per heavy atom. The molecule has 1 heterocycles. The highest BCUT2D eigenvalue weighted by Crippen LogP contribution is 2.49. The molecule has 2 saturated carbocycles. The molecule has 4 rings (SSSR count). The van der Waals surface area contributed by atoms with Crippen LogP contribution in [0.25, 0.3) is 17.2 Å². The Labute approximate surface area is 201 Å². The molecule has 2 aliphatic rings. The molecule has 0 saturated heterocycles. The van der Waals surface area contributed by atoms with Gasteiger partial charge in [0, 0.05) is 36.4 Å². The van der Waals surface area contributed by atoms with Crippen molar-refractivity contribution in [1.82, 2.24) is 9.88 Å². The summed E-state index contributed by atoms with van der Waals surface area (Å²) in [5.74, 6) is 0.894. The summed E-state index contributed by atoms with van der Waals surface area (Å²) in [6.07, 6.45) is 9.10. The van der Waals surface area contributed by atoms with E-state index >= 15 is 0 Å². The number of aromatic nitrogens is 1. The molecule has 5 atom stereocenters. The maximum atomic E-state index is 13.5. The van der Waals surface area contributed by atoms with Crippen LogP contribution >= 0.6 is 0 Å². The Morgan fingerprint density at radius 3 is 2.59 bits per heavy atom. The van der Waals surface area contributed by atoms with Gasteiger partial charge in [-0.05, 0) is 88.1 Å². The van der Waals surface area contributed by atoms with Gasteiger partial charge in [0.25, 0.3) is 0 Å². The van der Waals surface area contributed by atoms with E-state index in [1.54, 1.807) is 24.3 Å². The van der Waals surface area contributed by atoms with Crippen LogP contribution in [0.1, 0.15) is 52.1 Å². The first-order chi connectivity index (χ1) is 16.2. The number of methoxy groups -OCH3 is 1. The lowest BCUT2D eigenvalue weighted by Gasteiger charge is -2.44. The molecule has 0 unspecified atom stereocenters. The van der Waals surface area contributed by atoms with Gasteiger partial charge in [-0.1, -0.05) is 24.3 Å². The van der Waals surface area contributed by atoms with Crippen LogP contribution in [0, 0.1) is 23.6 Å². The lowest BCUT2D eigenvalue weighted by Crippen LogP contribution is -2.53. The third kappa shape index (κ3) is 5.17. The van der Waals surface area contributed by atoms with E-state index in [1.807, 2.05) is 45.0 Å². The van der Waals surface area contributed by atoms with E-state index in [2.05, 4.69) is 11.1 Å². The number of nitrogens with zero attached hydrogens (tertiary/aromatic N) is 2. The van der Waals surface area contributed by atoms with Crippen molar-refractivity contribution < 1.29 is 19.0 Å². The molecule has 0 radical (unpaired) electrons. The molecule has 2 fully saturated rings. The van der Waals surface area contributed by atoms with Crippen LogP contribution in [-0.2, 0) is 4.74 Å². The maximum absolute atomic E-state index is 13.5. The summed E-state index contributed by atoms with van der Waals surface area (Å²) in [6, 6.07) is 10.4. The number of rotatable bonds is 5. The number of hydrogen-bond donors (Lipinski definition) is 1. The fourth-order valence-corrected chi connectivity index (χ4v) is 6.04. The highest BCUT2D eigenvalue weighted by Gasteiger charge is 2.47. The van der Waals surface area contributed by atoms with Crippen LogP contribution < -0.4 is 0 Å². The molecular weight excluding hydrogens is 431 g/mol. The predicted octanol–water partition coefficient (Wildman–Crippen LogP) is 6.50. The number of carbonyl (C=O) groups is 1. The van der Waals surface area contributed by atoms with Gasteiger partial charge in [-0.25, -0.2) is 9.18 Å². The molecule has 1 aromatic heterocycles. The molecule has 1 N–H and O–H groups in total. The standard InChI is InChI=1S/C28H35FN2O3/c1-28(2,3)31(27(32)33)23-12-9-19-15-26(34-4)24(25(19)16-23)13-11-22-10-8-20(17-30-22)18-6-5-7-21(29)14-18/h5-8,10-11,13-14,17,19,23-26H,9,12,15-16H2,1-4H3,(H,32,33)/t19-,23+,24+,25-,26+/m1/s1. The number of ether oxygens (including phenoxy) is 1. The van der Waals surface area contributed by atoms with Crippen LogP contribution in [0.4, 0.5) is 9.18 Å². The molecule has 6 heteroatoms. The Morgan fingerprint density at radius 2 is 1.97 bits per heavy atom. The average molecular weight is 467 g/mol. The largest absolute Gasteiger partial charge is 0.465 e. The van der Waals surface area contributed by atoms with E-state index in [0.29, 0.717) is 11.8 Å². The summed E-state index contributed by atoms with van der Waals surface area (Å²) in [5.41, 5.74) is 2.09. The Bertz CT molecular complexity index is 1030. The van der Waals surface area contributed by atoms with Gasteiger partial charge in [0.2, 0.25) is 0 Å². The molecule has 5 nitrogen and oxygen atoms in total. The van der Waals surface area contributed by atoms with Gasteiger partial charge >= 0.3 is 6.09 Å². The average Bonchev–Trinajstić information content (AvgIpc) is 3.14. The Balaban J connectivity index is 1.51. The fourth-order valence-electron chi connectivity index (χ4n) is 6.04. The number of fused-ring (bicyclic) bond motifs is 1. The van der Waals surface area contributed by atoms with E-state index < -0.39 is 11.6 Å². The summed E-state index contributed by atoms with van der Waals surface area (Å²) in [6.45, 7) is 5.91. The van der Waals surface area contributed by atoms with Gasteiger partial charge in [0.05, 0.1) is 11.8 Å². The molecular formula is C28H35FN2O3. The van der Waals surface area contributed by atoms with Gasteiger partial charge in [-0.3, -0.25) is 4.98 Å². The summed E-state index contributed by atoms with van der Waals surface area (Å²) in [4.78, 5) is 18.3. The molecule has 182 valence electrons. The minimum Gasteiger partial charge on any atom is -0.465 e. The SMILES string of the molecule is CO[C@H]1C[C@H]2CC[C@H](N(C(=O)O)C(C)(C)C)C[C@H]2[C@@H]1C=Cc1ccc(-c2cccc(F)c2)cn1. The summed E-state index contributed by atoms with van der Waals surface area (Å²) < 4.78 is 19.4. The molecule has 0 aliphatic heterocycles. The van der Waals surface area contributed by atoms with E-state index in [-0.39, 0.29) is 23.9 Å². The second kappa shape index (κ2) is 9.87. The van der Waals surface area contributed by atoms with Crippen LogP contribution in [-0.4, -0.2) is 45.9 Å². The van der Waals surface area contributed by atoms with Gasteiger partial charge < -0.3 is 14.7 Å². The molecule has 1 aromatic carbocycles.